The zero-order valence-corrected chi connectivity index (χ0v) is 15.5. The van der Waals surface area contributed by atoms with Gasteiger partial charge in [-0.15, -0.1) is 0 Å². The molecular weight excluding hydrogens is 346 g/mol. The maximum absolute atomic E-state index is 12.6. The largest absolute Gasteiger partial charge is 0.488 e. The predicted octanol–water partition coefficient (Wildman–Crippen LogP) is 3.20. The van der Waals surface area contributed by atoms with E-state index in [9.17, 15) is 4.79 Å². The van der Waals surface area contributed by atoms with Crippen molar-refractivity contribution in [2.24, 2.45) is 0 Å². The van der Waals surface area contributed by atoms with Crippen LogP contribution < -0.4 is 14.8 Å². The van der Waals surface area contributed by atoms with E-state index in [1.165, 1.54) is 0 Å². The number of hydrogen-bond acceptors (Lipinski definition) is 6. The fourth-order valence-corrected chi connectivity index (χ4v) is 2.55. The molecule has 7 nitrogen and oxygen atoms in total. The number of nitrogens with one attached hydrogen (secondary N) is 1. The minimum Gasteiger partial charge on any atom is -0.488 e. The van der Waals surface area contributed by atoms with Gasteiger partial charge in [0.2, 0.25) is 5.88 Å². The Hall–Kier alpha value is -3.35. The normalized spacial score (nSPS) is 10.5. The second kappa shape index (κ2) is 8.35. The van der Waals surface area contributed by atoms with Crippen molar-refractivity contribution in [2.45, 2.75) is 27.0 Å². The van der Waals surface area contributed by atoms with Crippen LogP contribution in [0.15, 0.2) is 47.1 Å². The molecule has 27 heavy (non-hydrogen) atoms. The van der Waals surface area contributed by atoms with Crippen molar-refractivity contribution in [3.8, 4) is 11.6 Å². The Bertz CT molecular complexity index is 900. The van der Waals surface area contributed by atoms with Crippen LogP contribution in [0.2, 0.25) is 0 Å². The van der Waals surface area contributed by atoms with E-state index >= 15 is 0 Å². The smallest absolute Gasteiger partial charge is 0.255 e. The van der Waals surface area contributed by atoms with Crippen molar-refractivity contribution in [1.82, 2.24) is 15.5 Å². The highest BCUT2D eigenvalue weighted by Gasteiger charge is 2.14. The fraction of sp³-hybridized carbons (Fsp3) is 0.250. The molecule has 0 aliphatic heterocycles. The minimum atomic E-state index is -0.222. The van der Waals surface area contributed by atoms with Crippen LogP contribution in [0, 0.1) is 13.8 Å². The molecule has 0 saturated carbocycles. The molecule has 1 aromatic carbocycles. The van der Waals surface area contributed by atoms with Gasteiger partial charge in [0.25, 0.3) is 5.91 Å². The molecule has 1 N–H and O–H groups in total. The first-order valence-electron chi connectivity index (χ1n) is 8.49. The monoisotopic (exact) mass is 367 g/mol. The van der Waals surface area contributed by atoms with E-state index < -0.39 is 0 Å². The molecule has 0 radical (unpaired) electrons. The van der Waals surface area contributed by atoms with Gasteiger partial charge in [0, 0.05) is 18.8 Å². The third kappa shape index (κ3) is 4.44. The number of hydrogen-bond donors (Lipinski definition) is 1. The van der Waals surface area contributed by atoms with Gasteiger partial charge < -0.3 is 19.3 Å². The number of carbonyl (C=O) groups is 1. The molecular formula is C20H21N3O4. The molecule has 0 aliphatic rings. The Balaban J connectivity index is 1.66. The highest BCUT2D eigenvalue weighted by molar-refractivity contribution is 5.96. The molecule has 0 saturated heterocycles. The SMILES string of the molecule is COc1ccc(CNC(=O)c2ccccc2OCc2c(C)noc2C)cn1. The summed E-state index contributed by atoms with van der Waals surface area (Å²) in [6.45, 7) is 4.33. The molecule has 140 valence electrons. The number of rotatable bonds is 7. The molecule has 0 spiro atoms. The summed E-state index contributed by atoms with van der Waals surface area (Å²) < 4.78 is 16.0. The van der Waals surface area contributed by atoms with Crippen molar-refractivity contribution >= 4 is 5.91 Å². The molecule has 0 bridgehead atoms. The quantitative estimate of drug-likeness (QED) is 0.690. The second-order valence-corrected chi connectivity index (χ2v) is 5.98. The van der Waals surface area contributed by atoms with Crippen molar-refractivity contribution in [1.29, 1.82) is 0 Å². The average Bonchev–Trinajstić information content (AvgIpc) is 3.02. The lowest BCUT2D eigenvalue weighted by atomic mass is 10.1. The van der Waals surface area contributed by atoms with Crippen LogP contribution in [0.1, 0.15) is 32.9 Å². The number of ether oxygens (including phenoxy) is 2. The van der Waals surface area contributed by atoms with E-state index in [4.69, 9.17) is 14.0 Å². The lowest BCUT2D eigenvalue weighted by Gasteiger charge is -2.12. The summed E-state index contributed by atoms with van der Waals surface area (Å²) >= 11 is 0. The Morgan fingerprint density at radius 2 is 2.00 bits per heavy atom. The van der Waals surface area contributed by atoms with Crippen LogP contribution in [0.5, 0.6) is 11.6 Å². The van der Waals surface area contributed by atoms with E-state index in [0.717, 1.165) is 16.8 Å². The fourth-order valence-electron chi connectivity index (χ4n) is 2.55. The number of benzene rings is 1. The summed E-state index contributed by atoms with van der Waals surface area (Å²) in [4.78, 5) is 16.7. The summed E-state index contributed by atoms with van der Waals surface area (Å²) in [6.07, 6.45) is 1.67. The van der Waals surface area contributed by atoms with Gasteiger partial charge in [0.1, 0.15) is 18.1 Å². The molecule has 3 aromatic rings. The van der Waals surface area contributed by atoms with E-state index in [1.54, 1.807) is 37.6 Å². The third-order valence-electron chi connectivity index (χ3n) is 4.14. The van der Waals surface area contributed by atoms with E-state index in [1.807, 2.05) is 26.0 Å². The number of aromatic nitrogens is 2. The third-order valence-corrected chi connectivity index (χ3v) is 4.14. The maximum atomic E-state index is 12.6. The molecule has 7 heteroatoms. The number of methoxy groups -OCH3 is 1. The van der Waals surface area contributed by atoms with Crippen molar-refractivity contribution in [3.05, 3.63) is 70.7 Å². The number of nitrogens with zero attached hydrogens (tertiary/aromatic N) is 2. The van der Waals surface area contributed by atoms with Crippen molar-refractivity contribution in [2.75, 3.05) is 7.11 Å². The topological polar surface area (TPSA) is 86.5 Å². The molecule has 2 heterocycles. The van der Waals surface area contributed by atoms with Crippen LogP contribution in [0.3, 0.4) is 0 Å². The van der Waals surface area contributed by atoms with Crippen LogP contribution in [-0.4, -0.2) is 23.2 Å². The average molecular weight is 367 g/mol. The number of amides is 1. The summed E-state index contributed by atoms with van der Waals surface area (Å²) in [6, 6.07) is 10.7. The molecule has 3 rings (SSSR count). The van der Waals surface area contributed by atoms with Crippen LogP contribution >= 0.6 is 0 Å². The number of para-hydroxylation sites is 1. The molecule has 0 unspecified atom stereocenters. The van der Waals surface area contributed by atoms with Gasteiger partial charge in [-0.1, -0.05) is 23.4 Å². The van der Waals surface area contributed by atoms with Gasteiger partial charge in [-0.05, 0) is 31.5 Å². The highest BCUT2D eigenvalue weighted by atomic mass is 16.5. The van der Waals surface area contributed by atoms with E-state index in [-0.39, 0.29) is 12.5 Å². The molecule has 0 fully saturated rings. The van der Waals surface area contributed by atoms with Gasteiger partial charge in [0.15, 0.2) is 0 Å². The van der Waals surface area contributed by atoms with Gasteiger partial charge in [-0.2, -0.15) is 0 Å². The Labute approximate surface area is 157 Å². The van der Waals surface area contributed by atoms with Gasteiger partial charge in [-0.3, -0.25) is 4.79 Å². The number of aryl methyl sites for hydroxylation is 2. The summed E-state index contributed by atoms with van der Waals surface area (Å²) in [5.41, 5.74) is 3.00. The van der Waals surface area contributed by atoms with Crippen LogP contribution in [-0.2, 0) is 13.2 Å². The van der Waals surface area contributed by atoms with E-state index in [0.29, 0.717) is 29.5 Å². The summed E-state index contributed by atoms with van der Waals surface area (Å²) in [5.74, 6) is 1.52. The second-order valence-electron chi connectivity index (χ2n) is 5.98. The highest BCUT2D eigenvalue weighted by Crippen LogP contribution is 2.21. The lowest BCUT2D eigenvalue weighted by Crippen LogP contribution is -2.23. The molecule has 1 amide bonds. The van der Waals surface area contributed by atoms with Gasteiger partial charge in [-0.25, -0.2) is 4.98 Å². The Morgan fingerprint density at radius 3 is 2.67 bits per heavy atom. The Morgan fingerprint density at radius 1 is 1.19 bits per heavy atom. The van der Waals surface area contributed by atoms with Gasteiger partial charge in [0.05, 0.1) is 23.9 Å². The maximum Gasteiger partial charge on any atom is 0.255 e. The predicted molar refractivity (Wildman–Crippen MR) is 98.7 cm³/mol. The zero-order valence-electron chi connectivity index (χ0n) is 15.5. The van der Waals surface area contributed by atoms with Crippen molar-refractivity contribution < 1.29 is 18.8 Å². The zero-order chi connectivity index (χ0) is 19.2. The number of pyridine rings is 1. The first-order valence-corrected chi connectivity index (χ1v) is 8.49. The Kier molecular flexibility index (Phi) is 5.71. The first-order chi connectivity index (χ1) is 13.1. The van der Waals surface area contributed by atoms with Crippen molar-refractivity contribution in [3.63, 3.8) is 0 Å². The molecule has 0 atom stereocenters. The van der Waals surface area contributed by atoms with E-state index in [2.05, 4.69) is 15.5 Å². The first kappa shape index (κ1) is 18.4. The lowest BCUT2D eigenvalue weighted by molar-refractivity contribution is 0.0946. The summed E-state index contributed by atoms with van der Waals surface area (Å²) in [5, 5.41) is 6.79. The number of carbonyl (C=O) groups excluding carboxylic acids is 1. The van der Waals surface area contributed by atoms with Crippen LogP contribution in [0.4, 0.5) is 0 Å². The van der Waals surface area contributed by atoms with Crippen LogP contribution in [0.25, 0.3) is 0 Å². The standard InChI is InChI=1S/C20H21N3O4/c1-13-17(14(2)27-23-13)12-26-18-7-5-4-6-16(18)20(24)22-11-15-8-9-19(25-3)21-10-15/h4-10H,11-12H2,1-3H3,(H,22,24). The molecule has 0 aliphatic carbocycles. The summed E-state index contributed by atoms with van der Waals surface area (Å²) in [7, 11) is 1.56. The minimum absolute atomic E-state index is 0.222. The molecule has 2 aromatic heterocycles. The van der Waals surface area contributed by atoms with Gasteiger partial charge >= 0.3 is 0 Å².